The van der Waals surface area contributed by atoms with E-state index in [1.807, 2.05) is 0 Å². The number of ether oxygens (including phenoxy) is 1. The number of carbonyl (C=O) groups excluding carboxylic acids is 1. The zero-order chi connectivity index (χ0) is 12.5. The summed E-state index contributed by atoms with van der Waals surface area (Å²) in [6.45, 7) is 0. The van der Waals surface area contributed by atoms with Crippen molar-refractivity contribution in [1.82, 2.24) is 15.3 Å². The largest absolute Gasteiger partial charge is 0.480 e. The third-order valence-electron chi connectivity index (χ3n) is 2.59. The van der Waals surface area contributed by atoms with Gasteiger partial charge in [-0.2, -0.15) is 0 Å². The summed E-state index contributed by atoms with van der Waals surface area (Å²) in [5, 5.41) is 11.4. The summed E-state index contributed by atoms with van der Waals surface area (Å²) in [6, 6.07) is 0.154. The molecule has 7 nitrogen and oxygen atoms in total. The van der Waals surface area contributed by atoms with Gasteiger partial charge in [0.25, 0.3) is 5.91 Å². The van der Waals surface area contributed by atoms with Crippen LogP contribution in [-0.2, 0) is 4.79 Å². The molecule has 0 aromatic carbocycles. The number of methoxy groups -OCH3 is 1. The molecule has 1 saturated carbocycles. The van der Waals surface area contributed by atoms with Crippen molar-refractivity contribution in [3.05, 3.63) is 18.0 Å². The lowest BCUT2D eigenvalue weighted by Crippen LogP contribution is -2.43. The molecule has 17 heavy (non-hydrogen) atoms. The highest BCUT2D eigenvalue weighted by Crippen LogP contribution is 2.35. The monoisotopic (exact) mass is 237 g/mol. The lowest BCUT2D eigenvalue weighted by molar-refractivity contribution is -0.140. The number of hydrogen-bond acceptors (Lipinski definition) is 5. The molecule has 0 atom stereocenters. The molecular formula is C10H11N3O4. The Bertz CT molecular complexity index is 453. The van der Waals surface area contributed by atoms with Crippen molar-refractivity contribution in [2.75, 3.05) is 7.11 Å². The summed E-state index contributed by atoms with van der Waals surface area (Å²) < 4.78 is 4.75. The van der Waals surface area contributed by atoms with Gasteiger partial charge in [0.2, 0.25) is 0 Å². The van der Waals surface area contributed by atoms with Crippen molar-refractivity contribution in [2.45, 2.75) is 18.4 Å². The Hall–Kier alpha value is -2.18. The molecule has 1 aromatic rings. The zero-order valence-corrected chi connectivity index (χ0v) is 9.14. The molecule has 1 aromatic heterocycles. The molecule has 2 N–H and O–H groups in total. The Kier molecular flexibility index (Phi) is 2.66. The van der Waals surface area contributed by atoms with Gasteiger partial charge < -0.3 is 15.2 Å². The van der Waals surface area contributed by atoms with E-state index < -0.39 is 17.4 Å². The fraction of sp³-hybridized carbons (Fsp3) is 0.400. The molecule has 1 fully saturated rings. The van der Waals surface area contributed by atoms with Crippen LogP contribution in [-0.4, -0.2) is 39.6 Å². The van der Waals surface area contributed by atoms with Crippen LogP contribution in [0.15, 0.2) is 12.4 Å². The molecule has 0 spiro atoms. The van der Waals surface area contributed by atoms with E-state index in [-0.39, 0.29) is 11.6 Å². The molecule has 2 rings (SSSR count). The normalized spacial score (nSPS) is 16.1. The van der Waals surface area contributed by atoms with Gasteiger partial charge in [-0.25, -0.2) is 14.8 Å². The summed E-state index contributed by atoms with van der Waals surface area (Å²) >= 11 is 0. The van der Waals surface area contributed by atoms with Crippen LogP contribution in [0.5, 0.6) is 6.01 Å². The Morgan fingerprint density at radius 3 is 2.41 bits per heavy atom. The quantitative estimate of drug-likeness (QED) is 0.754. The van der Waals surface area contributed by atoms with E-state index in [0.717, 1.165) is 0 Å². The summed E-state index contributed by atoms with van der Waals surface area (Å²) in [4.78, 5) is 30.1. The number of rotatable bonds is 4. The standard InChI is InChI=1S/C10H11N3O4/c1-17-9-11-4-6(5-12-9)7(14)13-10(2-3-10)8(15)16/h4-5H,2-3H2,1H3,(H,13,14)(H,15,16). The van der Waals surface area contributed by atoms with Crippen LogP contribution in [0.3, 0.4) is 0 Å². The average molecular weight is 237 g/mol. The lowest BCUT2D eigenvalue weighted by Gasteiger charge is -2.11. The van der Waals surface area contributed by atoms with Gasteiger partial charge in [0.15, 0.2) is 0 Å². The number of aliphatic carboxylic acids is 1. The van der Waals surface area contributed by atoms with Crippen LogP contribution < -0.4 is 10.1 Å². The van der Waals surface area contributed by atoms with Gasteiger partial charge in [-0.15, -0.1) is 0 Å². The molecule has 0 saturated heterocycles. The van der Waals surface area contributed by atoms with Crippen molar-refractivity contribution in [3.63, 3.8) is 0 Å². The fourth-order valence-electron chi connectivity index (χ4n) is 1.35. The topological polar surface area (TPSA) is 101 Å². The van der Waals surface area contributed by atoms with Crippen LogP contribution >= 0.6 is 0 Å². The molecule has 1 heterocycles. The summed E-state index contributed by atoms with van der Waals surface area (Å²) in [5.41, 5.74) is -0.893. The molecule has 0 radical (unpaired) electrons. The third kappa shape index (κ3) is 2.17. The van der Waals surface area contributed by atoms with Gasteiger partial charge >= 0.3 is 12.0 Å². The maximum absolute atomic E-state index is 11.7. The van der Waals surface area contributed by atoms with Gasteiger partial charge in [0.1, 0.15) is 5.54 Å². The van der Waals surface area contributed by atoms with E-state index in [1.54, 1.807) is 0 Å². The first-order valence-corrected chi connectivity index (χ1v) is 4.99. The van der Waals surface area contributed by atoms with E-state index in [0.29, 0.717) is 12.8 Å². The van der Waals surface area contributed by atoms with Crippen molar-refractivity contribution < 1.29 is 19.4 Å². The first kappa shape index (κ1) is 11.3. The second-order valence-corrected chi connectivity index (χ2v) is 3.80. The van der Waals surface area contributed by atoms with Gasteiger partial charge in [-0.05, 0) is 12.8 Å². The van der Waals surface area contributed by atoms with Crippen molar-refractivity contribution in [3.8, 4) is 6.01 Å². The number of carboxylic acid groups (broad SMARTS) is 1. The first-order valence-electron chi connectivity index (χ1n) is 4.99. The molecule has 0 unspecified atom stereocenters. The van der Waals surface area contributed by atoms with E-state index in [2.05, 4.69) is 15.3 Å². The minimum Gasteiger partial charge on any atom is -0.480 e. The molecule has 1 aliphatic rings. The highest BCUT2D eigenvalue weighted by Gasteiger charge is 2.51. The molecule has 1 amide bonds. The smallest absolute Gasteiger partial charge is 0.329 e. The summed E-state index contributed by atoms with van der Waals surface area (Å²) in [5.74, 6) is -1.51. The molecule has 0 aliphatic heterocycles. The number of amides is 1. The van der Waals surface area contributed by atoms with Crippen LogP contribution in [0, 0.1) is 0 Å². The van der Waals surface area contributed by atoms with Gasteiger partial charge in [0, 0.05) is 12.4 Å². The number of carbonyl (C=O) groups is 2. The summed E-state index contributed by atoms with van der Waals surface area (Å²) in [7, 11) is 1.42. The first-order chi connectivity index (χ1) is 8.07. The average Bonchev–Trinajstić information content (AvgIpc) is 3.10. The minimum atomic E-state index is -1.10. The SMILES string of the molecule is COc1ncc(C(=O)NC2(C(=O)O)CC2)cn1. The van der Waals surface area contributed by atoms with Crippen LogP contribution in [0.4, 0.5) is 0 Å². The van der Waals surface area contributed by atoms with Gasteiger partial charge in [0.05, 0.1) is 12.7 Å². The van der Waals surface area contributed by atoms with Crippen LogP contribution in [0.2, 0.25) is 0 Å². The lowest BCUT2D eigenvalue weighted by atomic mass is 10.2. The third-order valence-corrected chi connectivity index (χ3v) is 2.59. The van der Waals surface area contributed by atoms with Crippen LogP contribution in [0.1, 0.15) is 23.2 Å². The van der Waals surface area contributed by atoms with Gasteiger partial charge in [-0.3, -0.25) is 4.79 Å². The Morgan fingerprint density at radius 2 is 2.00 bits per heavy atom. The fourth-order valence-corrected chi connectivity index (χ4v) is 1.35. The van der Waals surface area contributed by atoms with Crippen molar-refractivity contribution in [2.24, 2.45) is 0 Å². The van der Waals surface area contributed by atoms with E-state index in [9.17, 15) is 9.59 Å². The van der Waals surface area contributed by atoms with Crippen molar-refractivity contribution in [1.29, 1.82) is 0 Å². The second-order valence-electron chi connectivity index (χ2n) is 3.80. The minimum absolute atomic E-state index is 0.154. The number of nitrogens with one attached hydrogen (secondary N) is 1. The molecular weight excluding hydrogens is 226 g/mol. The van der Waals surface area contributed by atoms with Gasteiger partial charge in [-0.1, -0.05) is 0 Å². The van der Waals surface area contributed by atoms with Crippen molar-refractivity contribution >= 4 is 11.9 Å². The number of carboxylic acids is 1. The Balaban J connectivity index is 2.07. The second kappa shape index (κ2) is 4.00. The van der Waals surface area contributed by atoms with E-state index in [1.165, 1.54) is 19.5 Å². The highest BCUT2D eigenvalue weighted by atomic mass is 16.5. The Labute approximate surface area is 96.8 Å². The predicted octanol–water partition coefficient (Wildman–Crippen LogP) is -0.168. The Morgan fingerprint density at radius 1 is 1.41 bits per heavy atom. The molecule has 90 valence electrons. The number of nitrogens with zero attached hydrogens (tertiary/aromatic N) is 2. The maximum Gasteiger partial charge on any atom is 0.329 e. The summed E-state index contributed by atoms with van der Waals surface area (Å²) in [6.07, 6.45) is 3.48. The number of aromatic nitrogens is 2. The molecule has 7 heteroatoms. The zero-order valence-electron chi connectivity index (χ0n) is 9.14. The van der Waals surface area contributed by atoms with Crippen LogP contribution in [0.25, 0.3) is 0 Å². The molecule has 0 bridgehead atoms. The van der Waals surface area contributed by atoms with E-state index >= 15 is 0 Å². The number of hydrogen-bond donors (Lipinski definition) is 2. The highest BCUT2D eigenvalue weighted by molar-refractivity contribution is 5.98. The molecule has 1 aliphatic carbocycles. The maximum atomic E-state index is 11.7. The predicted molar refractivity (Wildman–Crippen MR) is 55.7 cm³/mol. The van der Waals surface area contributed by atoms with E-state index in [4.69, 9.17) is 9.84 Å².